The number of guanidine groups is 1. The van der Waals surface area contributed by atoms with Crippen LogP contribution in [-0.2, 0) is 0 Å². The van der Waals surface area contributed by atoms with E-state index in [1.54, 1.807) is 0 Å². The molecule has 1 N–H and O–H groups in total. The van der Waals surface area contributed by atoms with Crippen molar-refractivity contribution in [3.63, 3.8) is 0 Å². The smallest absolute Gasteiger partial charge is 0.357 e. The van der Waals surface area contributed by atoms with Crippen molar-refractivity contribution in [3.05, 3.63) is 0 Å². The van der Waals surface area contributed by atoms with Crippen LogP contribution in [0, 0.1) is 5.92 Å². The van der Waals surface area contributed by atoms with E-state index in [0.717, 1.165) is 32.0 Å². The molecule has 0 aromatic heterocycles. The lowest BCUT2D eigenvalue weighted by molar-refractivity contribution is -0.143. The minimum Gasteiger partial charge on any atom is -0.357 e. The van der Waals surface area contributed by atoms with E-state index >= 15 is 0 Å². The molecule has 130 valence electrons. The first-order chi connectivity index (χ1) is 9.98. The van der Waals surface area contributed by atoms with Crippen LogP contribution in [-0.4, -0.2) is 67.7 Å². The number of rotatable bonds is 4. The molecule has 2 saturated heterocycles. The number of halogens is 4. The molecule has 2 rings (SSSR count). The maximum Gasteiger partial charge on any atom is 0.401 e. The molecule has 1 unspecified atom stereocenters. The fourth-order valence-corrected chi connectivity index (χ4v) is 3.03. The Morgan fingerprint density at radius 2 is 1.91 bits per heavy atom. The first kappa shape index (κ1) is 19.8. The average molecular weight is 434 g/mol. The van der Waals surface area contributed by atoms with E-state index in [0.29, 0.717) is 19.6 Å². The van der Waals surface area contributed by atoms with Gasteiger partial charge in [-0.1, -0.05) is 0 Å². The molecule has 0 spiro atoms. The number of nitrogens with one attached hydrogen (secondary N) is 1. The molecule has 8 heteroatoms. The fourth-order valence-electron chi connectivity index (χ4n) is 3.03. The van der Waals surface area contributed by atoms with Gasteiger partial charge in [0.1, 0.15) is 0 Å². The van der Waals surface area contributed by atoms with Crippen LogP contribution in [0.3, 0.4) is 0 Å². The Bertz CT molecular complexity index is 356. The molecule has 2 heterocycles. The van der Waals surface area contributed by atoms with Gasteiger partial charge in [0.25, 0.3) is 0 Å². The predicted molar refractivity (Wildman–Crippen MR) is 92.8 cm³/mol. The number of likely N-dealkylation sites (tertiary alicyclic amines) is 2. The van der Waals surface area contributed by atoms with E-state index in [2.05, 4.69) is 15.2 Å². The maximum absolute atomic E-state index is 12.4. The third-order valence-corrected chi connectivity index (χ3v) is 4.01. The van der Waals surface area contributed by atoms with E-state index < -0.39 is 12.7 Å². The van der Waals surface area contributed by atoms with Gasteiger partial charge in [-0.05, 0) is 38.6 Å². The summed E-state index contributed by atoms with van der Waals surface area (Å²) in [5.74, 6) is 1.16. The Morgan fingerprint density at radius 1 is 1.23 bits per heavy atom. The van der Waals surface area contributed by atoms with Crippen molar-refractivity contribution in [2.75, 3.05) is 45.8 Å². The van der Waals surface area contributed by atoms with Crippen molar-refractivity contribution in [2.24, 2.45) is 10.9 Å². The van der Waals surface area contributed by atoms with Crippen molar-refractivity contribution in [2.45, 2.75) is 32.4 Å². The van der Waals surface area contributed by atoms with Crippen LogP contribution >= 0.6 is 24.0 Å². The van der Waals surface area contributed by atoms with Crippen molar-refractivity contribution in [3.8, 4) is 0 Å². The molecular formula is C14H26F3IN4. The SMILES string of the molecule is CCNC(=NCC1CCN(CC(F)(F)F)C1)N1CCCC1.I. The molecule has 0 aromatic carbocycles. The Balaban J connectivity index is 0.00000242. The topological polar surface area (TPSA) is 30.9 Å². The Labute approximate surface area is 147 Å². The molecule has 0 aliphatic carbocycles. The predicted octanol–water partition coefficient (Wildman–Crippen LogP) is 2.55. The van der Waals surface area contributed by atoms with Crippen molar-refractivity contribution in [1.29, 1.82) is 0 Å². The lowest BCUT2D eigenvalue weighted by Gasteiger charge is -2.21. The monoisotopic (exact) mass is 434 g/mol. The Morgan fingerprint density at radius 3 is 2.50 bits per heavy atom. The number of hydrogen-bond donors (Lipinski definition) is 1. The number of nitrogens with zero attached hydrogens (tertiary/aromatic N) is 3. The molecule has 2 aliphatic heterocycles. The highest BCUT2D eigenvalue weighted by Crippen LogP contribution is 2.23. The van der Waals surface area contributed by atoms with Gasteiger partial charge in [0.05, 0.1) is 6.54 Å². The van der Waals surface area contributed by atoms with Crippen molar-refractivity contribution < 1.29 is 13.2 Å². The molecule has 2 fully saturated rings. The Kier molecular flexibility index (Phi) is 8.23. The number of aliphatic imine (C=N–C) groups is 1. The van der Waals surface area contributed by atoms with Gasteiger partial charge in [0.2, 0.25) is 0 Å². The van der Waals surface area contributed by atoms with Crippen molar-refractivity contribution in [1.82, 2.24) is 15.1 Å². The second-order valence-corrected chi connectivity index (χ2v) is 5.89. The summed E-state index contributed by atoms with van der Waals surface area (Å²) < 4.78 is 37.1. The highest BCUT2D eigenvalue weighted by Gasteiger charge is 2.34. The summed E-state index contributed by atoms with van der Waals surface area (Å²) in [4.78, 5) is 8.36. The third kappa shape index (κ3) is 6.47. The first-order valence-corrected chi connectivity index (χ1v) is 7.80. The van der Waals surface area contributed by atoms with Crippen LogP contribution in [0.1, 0.15) is 26.2 Å². The molecular weight excluding hydrogens is 408 g/mol. The highest BCUT2D eigenvalue weighted by atomic mass is 127. The zero-order chi connectivity index (χ0) is 15.3. The zero-order valence-electron chi connectivity index (χ0n) is 13.0. The van der Waals surface area contributed by atoms with Crippen LogP contribution in [0.2, 0.25) is 0 Å². The van der Waals surface area contributed by atoms with Gasteiger partial charge in [0.15, 0.2) is 5.96 Å². The van der Waals surface area contributed by atoms with E-state index in [1.165, 1.54) is 17.7 Å². The zero-order valence-corrected chi connectivity index (χ0v) is 15.4. The number of alkyl halides is 3. The van der Waals surface area contributed by atoms with Gasteiger partial charge < -0.3 is 10.2 Å². The summed E-state index contributed by atoms with van der Waals surface area (Å²) in [5, 5.41) is 3.28. The molecule has 1 atom stereocenters. The van der Waals surface area contributed by atoms with E-state index in [-0.39, 0.29) is 29.9 Å². The highest BCUT2D eigenvalue weighted by molar-refractivity contribution is 14.0. The van der Waals surface area contributed by atoms with Crippen molar-refractivity contribution >= 4 is 29.9 Å². The van der Waals surface area contributed by atoms with Gasteiger partial charge in [-0.25, -0.2) is 0 Å². The summed E-state index contributed by atoms with van der Waals surface area (Å²) in [5.41, 5.74) is 0. The van der Waals surface area contributed by atoms with Gasteiger partial charge in [-0.15, -0.1) is 24.0 Å². The van der Waals surface area contributed by atoms with E-state index in [9.17, 15) is 13.2 Å². The number of hydrogen-bond acceptors (Lipinski definition) is 2. The average Bonchev–Trinajstić information content (AvgIpc) is 3.04. The van der Waals surface area contributed by atoms with E-state index in [4.69, 9.17) is 0 Å². The molecule has 0 amide bonds. The summed E-state index contributed by atoms with van der Waals surface area (Å²) in [6.07, 6.45) is -0.915. The van der Waals surface area contributed by atoms with Gasteiger partial charge in [-0.3, -0.25) is 9.89 Å². The molecule has 0 aromatic rings. The summed E-state index contributed by atoms with van der Waals surface area (Å²) in [6, 6.07) is 0. The Hall–Kier alpha value is -0.250. The van der Waals surface area contributed by atoms with Crippen LogP contribution in [0.4, 0.5) is 13.2 Å². The van der Waals surface area contributed by atoms with Crippen LogP contribution in [0.5, 0.6) is 0 Å². The summed E-state index contributed by atoms with van der Waals surface area (Å²) in [7, 11) is 0. The minimum absolute atomic E-state index is 0. The summed E-state index contributed by atoms with van der Waals surface area (Å²) in [6.45, 7) is 5.76. The lowest BCUT2D eigenvalue weighted by atomic mass is 10.1. The molecule has 2 aliphatic rings. The lowest BCUT2D eigenvalue weighted by Crippen LogP contribution is -2.40. The van der Waals surface area contributed by atoms with Gasteiger partial charge in [0, 0.05) is 32.7 Å². The van der Waals surface area contributed by atoms with Crippen LogP contribution in [0.15, 0.2) is 4.99 Å². The standard InChI is InChI=1S/C14H25F3N4.HI/c1-2-18-13(21-6-3-4-7-21)19-9-12-5-8-20(10-12)11-14(15,16)17;/h12H,2-11H2,1H3,(H,18,19);1H. The quantitative estimate of drug-likeness (QED) is 0.419. The third-order valence-electron chi connectivity index (χ3n) is 4.01. The van der Waals surface area contributed by atoms with Crippen LogP contribution < -0.4 is 5.32 Å². The second-order valence-electron chi connectivity index (χ2n) is 5.89. The van der Waals surface area contributed by atoms with Crippen LogP contribution in [0.25, 0.3) is 0 Å². The molecule has 4 nitrogen and oxygen atoms in total. The van der Waals surface area contributed by atoms with Gasteiger partial charge in [-0.2, -0.15) is 13.2 Å². The minimum atomic E-state index is -4.09. The first-order valence-electron chi connectivity index (χ1n) is 7.80. The molecule has 0 radical (unpaired) electrons. The molecule has 22 heavy (non-hydrogen) atoms. The molecule has 0 saturated carbocycles. The normalized spacial score (nSPS) is 23.7. The maximum atomic E-state index is 12.4. The van der Waals surface area contributed by atoms with E-state index in [1.807, 2.05) is 6.92 Å². The largest absolute Gasteiger partial charge is 0.401 e. The van der Waals surface area contributed by atoms with Gasteiger partial charge >= 0.3 is 6.18 Å². The second kappa shape index (κ2) is 9.14. The fraction of sp³-hybridized carbons (Fsp3) is 0.929. The molecule has 0 bridgehead atoms. The summed E-state index contributed by atoms with van der Waals surface area (Å²) >= 11 is 0.